The summed E-state index contributed by atoms with van der Waals surface area (Å²) >= 11 is 0. The SMILES string of the molecule is Cc1cc(NC(=O)CN2CCCC(C=O)=C2C(=O)N(C)C2CC2)cnc1-c1cccnc1. The van der Waals surface area contributed by atoms with Crippen LogP contribution in [-0.4, -0.2) is 64.0 Å². The minimum absolute atomic E-state index is 0.000322. The van der Waals surface area contributed by atoms with Gasteiger partial charge in [0.2, 0.25) is 5.91 Å². The summed E-state index contributed by atoms with van der Waals surface area (Å²) < 4.78 is 0. The smallest absolute Gasteiger partial charge is 0.270 e. The first-order chi connectivity index (χ1) is 15.5. The molecule has 0 spiro atoms. The number of carbonyl (C=O) groups is 3. The highest BCUT2D eigenvalue weighted by molar-refractivity contribution is 6.00. The molecule has 1 aliphatic heterocycles. The van der Waals surface area contributed by atoms with Crippen molar-refractivity contribution in [2.24, 2.45) is 0 Å². The van der Waals surface area contributed by atoms with Crippen molar-refractivity contribution < 1.29 is 14.4 Å². The molecule has 1 saturated carbocycles. The van der Waals surface area contributed by atoms with Gasteiger partial charge in [-0.2, -0.15) is 0 Å². The zero-order chi connectivity index (χ0) is 22.7. The van der Waals surface area contributed by atoms with E-state index in [9.17, 15) is 14.4 Å². The maximum Gasteiger partial charge on any atom is 0.270 e. The van der Waals surface area contributed by atoms with Gasteiger partial charge in [0.1, 0.15) is 12.0 Å². The molecule has 1 aliphatic carbocycles. The summed E-state index contributed by atoms with van der Waals surface area (Å²) in [6.45, 7) is 2.49. The monoisotopic (exact) mass is 433 g/mol. The average Bonchev–Trinajstić information content (AvgIpc) is 3.64. The highest BCUT2D eigenvalue weighted by Crippen LogP contribution is 2.30. The average molecular weight is 434 g/mol. The Kier molecular flexibility index (Phi) is 6.30. The molecule has 3 heterocycles. The summed E-state index contributed by atoms with van der Waals surface area (Å²) in [5.41, 5.74) is 4.04. The fourth-order valence-electron chi connectivity index (χ4n) is 4.06. The van der Waals surface area contributed by atoms with Crippen molar-refractivity contribution in [1.29, 1.82) is 0 Å². The molecule has 166 valence electrons. The van der Waals surface area contributed by atoms with Crippen molar-refractivity contribution in [1.82, 2.24) is 19.8 Å². The van der Waals surface area contributed by atoms with E-state index in [1.54, 1.807) is 35.4 Å². The number of hydrogen-bond acceptors (Lipinski definition) is 6. The van der Waals surface area contributed by atoms with Crippen LogP contribution in [0.4, 0.5) is 5.69 Å². The van der Waals surface area contributed by atoms with E-state index in [-0.39, 0.29) is 24.4 Å². The number of likely N-dealkylation sites (N-methyl/N-ethyl adjacent to an activating group) is 1. The molecule has 4 rings (SSSR count). The number of pyridine rings is 2. The minimum atomic E-state index is -0.258. The maximum absolute atomic E-state index is 13.0. The Labute approximate surface area is 187 Å². The van der Waals surface area contributed by atoms with E-state index in [1.807, 2.05) is 25.1 Å². The molecule has 2 aliphatic rings. The quantitative estimate of drug-likeness (QED) is 0.675. The third-order valence-corrected chi connectivity index (χ3v) is 5.89. The summed E-state index contributed by atoms with van der Waals surface area (Å²) in [5, 5.41) is 2.87. The van der Waals surface area contributed by atoms with Gasteiger partial charge < -0.3 is 15.1 Å². The zero-order valence-electron chi connectivity index (χ0n) is 18.4. The predicted molar refractivity (Wildman–Crippen MR) is 121 cm³/mol. The Morgan fingerprint density at radius 2 is 2.12 bits per heavy atom. The van der Waals surface area contributed by atoms with Crippen molar-refractivity contribution >= 4 is 23.8 Å². The largest absolute Gasteiger partial charge is 0.357 e. The van der Waals surface area contributed by atoms with Crippen molar-refractivity contribution in [3.63, 3.8) is 0 Å². The highest BCUT2D eigenvalue weighted by Gasteiger charge is 2.35. The summed E-state index contributed by atoms with van der Waals surface area (Å²) in [5.74, 6) is -0.438. The number of aryl methyl sites for hydroxylation is 1. The van der Waals surface area contributed by atoms with Crippen LogP contribution >= 0.6 is 0 Å². The van der Waals surface area contributed by atoms with E-state index in [1.165, 1.54) is 0 Å². The molecule has 0 aromatic carbocycles. The summed E-state index contributed by atoms with van der Waals surface area (Å²) in [7, 11) is 1.76. The predicted octanol–water partition coefficient (Wildman–Crippen LogP) is 2.56. The molecule has 0 saturated heterocycles. The molecular formula is C24H27N5O3. The molecule has 8 nitrogen and oxygen atoms in total. The standard InChI is InChI=1S/C24H27N5O3/c1-16-11-19(13-26-22(16)17-5-3-9-25-12-17)27-21(31)14-29-10-4-6-18(15-30)23(29)24(32)28(2)20-7-8-20/h3,5,9,11-13,15,20H,4,6-8,10,14H2,1-2H3,(H,27,31). The normalized spacial score (nSPS) is 16.0. The van der Waals surface area contributed by atoms with Crippen molar-refractivity contribution in [2.75, 3.05) is 25.5 Å². The Morgan fingerprint density at radius 3 is 2.78 bits per heavy atom. The number of allylic oxidation sites excluding steroid dienone is 1. The van der Waals surface area contributed by atoms with Crippen LogP contribution in [0.1, 0.15) is 31.2 Å². The van der Waals surface area contributed by atoms with Crippen LogP contribution in [0.25, 0.3) is 11.3 Å². The third-order valence-electron chi connectivity index (χ3n) is 5.89. The second-order valence-electron chi connectivity index (χ2n) is 8.34. The highest BCUT2D eigenvalue weighted by atomic mass is 16.2. The van der Waals surface area contributed by atoms with Gasteiger partial charge in [0.15, 0.2) is 0 Å². The number of anilines is 1. The Morgan fingerprint density at radius 1 is 1.31 bits per heavy atom. The zero-order valence-corrected chi connectivity index (χ0v) is 18.4. The lowest BCUT2D eigenvalue weighted by atomic mass is 10.0. The first-order valence-corrected chi connectivity index (χ1v) is 10.8. The maximum atomic E-state index is 13.0. The number of hydrogen-bond donors (Lipinski definition) is 1. The Bertz CT molecular complexity index is 1060. The van der Waals surface area contributed by atoms with Crippen LogP contribution in [0.15, 0.2) is 48.1 Å². The fourth-order valence-corrected chi connectivity index (χ4v) is 4.06. The lowest BCUT2D eigenvalue weighted by Gasteiger charge is -2.33. The van der Waals surface area contributed by atoms with Gasteiger partial charge in [-0.3, -0.25) is 24.4 Å². The van der Waals surface area contributed by atoms with Gasteiger partial charge in [0.25, 0.3) is 5.91 Å². The topological polar surface area (TPSA) is 95.5 Å². The van der Waals surface area contributed by atoms with E-state index in [2.05, 4.69) is 15.3 Å². The van der Waals surface area contributed by atoms with Gasteiger partial charge in [-0.05, 0) is 56.4 Å². The number of carbonyl (C=O) groups excluding carboxylic acids is 3. The van der Waals surface area contributed by atoms with E-state index in [4.69, 9.17) is 0 Å². The van der Waals surface area contributed by atoms with Crippen LogP contribution in [0.5, 0.6) is 0 Å². The molecule has 1 N–H and O–H groups in total. The van der Waals surface area contributed by atoms with Crippen LogP contribution in [0.3, 0.4) is 0 Å². The van der Waals surface area contributed by atoms with Gasteiger partial charge in [0.05, 0.1) is 24.1 Å². The Hall–Kier alpha value is -3.55. The van der Waals surface area contributed by atoms with Crippen molar-refractivity contribution in [3.8, 4) is 11.3 Å². The first-order valence-electron chi connectivity index (χ1n) is 10.8. The van der Waals surface area contributed by atoms with Crippen molar-refractivity contribution in [2.45, 2.75) is 38.6 Å². The third kappa shape index (κ3) is 4.69. The molecular weight excluding hydrogens is 406 g/mol. The molecule has 32 heavy (non-hydrogen) atoms. The van der Waals surface area contributed by atoms with Gasteiger partial charge in [-0.1, -0.05) is 0 Å². The molecule has 1 fully saturated rings. The first kappa shape index (κ1) is 21.7. The number of amides is 2. The molecule has 8 heteroatoms. The molecule has 2 aromatic rings. The van der Waals surface area contributed by atoms with E-state index in [0.717, 1.165) is 42.4 Å². The number of nitrogens with zero attached hydrogens (tertiary/aromatic N) is 4. The van der Waals surface area contributed by atoms with E-state index in [0.29, 0.717) is 29.9 Å². The molecule has 0 bridgehead atoms. The lowest BCUT2D eigenvalue weighted by molar-refractivity contribution is -0.129. The second kappa shape index (κ2) is 9.30. The van der Waals surface area contributed by atoms with Gasteiger partial charge in [-0.15, -0.1) is 0 Å². The summed E-state index contributed by atoms with van der Waals surface area (Å²) in [6.07, 6.45) is 9.07. The summed E-state index contributed by atoms with van der Waals surface area (Å²) in [6, 6.07) is 5.88. The number of rotatable bonds is 7. The molecule has 0 radical (unpaired) electrons. The van der Waals surface area contributed by atoms with Crippen LogP contribution in [0, 0.1) is 6.92 Å². The summed E-state index contributed by atoms with van der Waals surface area (Å²) in [4.78, 5) is 49.5. The number of aromatic nitrogens is 2. The van der Waals surface area contributed by atoms with Gasteiger partial charge >= 0.3 is 0 Å². The van der Waals surface area contributed by atoms with Gasteiger partial charge in [-0.25, -0.2) is 0 Å². The van der Waals surface area contributed by atoms with Crippen LogP contribution in [-0.2, 0) is 14.4 Å². The van der Waals surface area contributed by atoms with E-state index < -0.39 is 0 Å². The number of aldehydes is 1. The van der Waals surface area contributed by atoms with Crippen LogP contribution < -0.4 is 5.32 Å². The molecule has 0 unspecified atom stereocenters. The number of nitrogens with one attached hydrogen (secondary N) is 1. The van der Waals surface area contributed by atoms with Crippen LogP contribution in [0.2, 0.25) is 0 Å². The molecule has 2 amide bonds. The lowest BCUT2D eigenvalue weighted by Crippen LogP contribution is -2.43. The molecule has 0 atom stereocenters. The molecule has 2 aromatic heterocycles. The van der Waals surface area contributed by atoms with E-state index >= 15 is 0 Å². The van der Waals surface area contributed by atoms with Gasteiger partial charge in [0, 0.05) is 43.2 Å². The van der Waals surface area contributed by atoms with Crippen molar-refractivity contribution in [3.05, 3.63) is 53.6 Å². The Balaban J connectivity index is 1.47. The second-order valence-corrected chi connectivity index (χ2v) is 8.34. The minimum Gasteiger partial charge on any atom is -0.357 e. The fraction of sp³-hybridized carbons (Fsp3) is 0.375.